The maximum Gasteiger partial charge on any atom is 0.159 e. The Balaban J connectivity index is 2.97. The van der Waals surface area contributed by atoms with Gasteiger partial charge in [-0.1, -0.05) is 11.6 Å². The van der Waals surface area contributed by atoms with E-state index in [1.54, 1.807) is 4.68 Å². The number of aryl methyl sites for hydroxylation is 3. The molecule has 2 aromatic heterocycles. The van der Waals surface area contributed by atoms with Gasteiger partial charge in [0, 0.05) is 12.7 Å². The minimum atomic E-state index is 0.730. The zero-order valence-corrected chi connectivity index (χ0v) is 8.55. The van der Waals surface area contributed by atoms with Gasteiger partial charge in [0.15, 0.2) is 5.65 Å². The number of fused-ring (bicyclic) bond motifs is 1. The normalized spacial score (nSPS) is 11.1. The van der Waals surface area contributed by atoms with E-state index < -0.39 is 0 Å². The standard InChI is InChI=1S/C9H10ClN3/c1-5-4-7(10)8-6(2)12-13(3)9(8)11-5/h4H,1-3H3. The van der Waals surface area contributed by atoms with Gasteiger partial charge < -0.3 is 0 Å². The van der Waals surface area contributed by atoms with Crippen molar-refractivity contribution in [3.8, 4) is 0 Å². The Morgan fingerprint density at radius 2 is 2.08 bits per heavy atom. The van der Waals surface area contributed by atoms with Crippen molar-refractivity contribution in [2.45, 2.75) is 13.8 Å². The number of aromatic nitrogens is 3. The van der Waals surface area contributed by atoms with Crippen LogP contribution in [0.1, 0.15) is 11.4 Å². The molecule has 0 atom stereocenters. The second-order valence-corrected chi connectivity index (χ2v) is 3.56. The Labute approximate surface area is 81.3 Å². The summed E-state index contributed by atoms with van der Waals surface area (Å²) >= 11 is 6.09. The third-order valence-corrected chi connectivity index (χ3v) is 2.35. The van der Waals surface area contributed by atoms with Crippen LogP contribution in [0, 0.1) is 13.8 Å². The quantitative estimate of drug-likeness (QED) is 0.646. The summed E-state index contributed by atoms with van der Waals surface area (Å²) in [6.45, 7) is 3.86. The van der Waals surface area contributed by atoms with E-state index in [1.807, 2.05) is 27.0 Å². The zero-order valence-electron chi connectivity index (χ0n) is 7.80. The fraction of sp³-hybridized carbons (Fsp3) is 0.333. The van der Waals surface area contributed by atoms with Gasteiger partial charge in [0.25, 0.3) is 0 Å². The molecule has 0 amide bonds. The van der Waals surface area contributed by atoms with E-state index in [9.17, 15) is 0 Å². The summed E-state index contributed by atoms with van der Waals surface area (Å²) < 4.78 is 1.75. The molecule has 13 heavy (non-hydrogen) atoms. The van der Waals surface area contributed by atoms with E-state index in [1.165, 1.54) is 0 Å². The first-order chi connectivity index (χ1) is 6.09. The van der Waals surface area contributed by atoms with Crippen LogP contribution < -0.4 is 0 Å². The predicted molar refractivity (Wildman–Crippen MR) is 53.0 cm³/mol. The third kappa shape index (κ3) is 1.20. The summed E-state index contributed by atoms with van der Waals surface area (Å²) in [5.41, 5.74) is 2.69. The highest BCUT2D eigenvalue weighted by Crippen LogP contribution is 2.25. The van der Waals surface area contributed by atoms with Crippen LogP contribution in [0.5, 0.6) is 0 Å². The number of nitrogens with zero attached hydrogens (tertiary/aromatic N) is 3. The van der Waals surface area contributed by atoms with Crippen LogP contribution in [-0.4, -0.2) is 14.8 Å². The molecule has 2 aromatic rings. The van der Waals surface area contributed by atoms with Gasteiger partial charge in [0.05, 0.1) is 16.1 Å². The highest BCUT2D eigenvalue weighted by Gasteiger charge is 2.10. The predicted octanol–water partition coefficient (Wildman–Crippen LogP) is 2.24. The van der Waals surface area contributed by atoms with Crippen molar-refractivity contribution >= 4 is 22.6 Å². The van der Waals surface area contributed by atoms with Crippen molar-refractivity contribution in [3.05, 3.63) is 22.5 Å². The molecule has 0 saturated carbocycles. The molecular formula is C9H10ClN3. The Morgan fingerprint density at radius 3 is 2.77 bits per heavy atom. The van der Waals surface area contributed by atoms with E-state index in [-0.39, 0.29) is 0 Å². The molecule has 68 valence electrons. The van der Waals surface area contributed by atoms with Crippen LogP contribution in [-0.2, 0) is 7.05 Å². The van der Waals surface area contributed by atoms with Gasteiger partial charge in [-0.2, -0.15) is 5.10 Å². The van der Waals surface area contributed by atoms with Crippen molar-refractivity contribution in [3.63, 3.8) is 0 Å². The smallest absolute Gasteiger partial charge is 0.159 e. The molecule has 0 fully saturated rings. The molecule has 0 saturated heterocycles. The molecule has 0 aromatic carbocycles. The van der Waals surface area contributed by atoms with Gasteiger partial charge >= 0.3 is 0 Å². The fourth-order valence-corrected chi connectivity index (χ4v) is 1.89. The van der Waals surface area contributed by atoms with Gasteiger partial charge in [-0.15, -0.1) is 0 Å². The molecule has 2 heterocycles. The highest BCUT2D eigenvalue weighted by atomic mass is 35.5. The molecule has 0 bridgehead atoms. The van der Waals surface area contributed by atoms with Crippen LogP contribution in [0.15, 0.2) is 6.07 Å². The Bertz CT molecular complexity index is 473. The van der Waals surface area contributed by atoms with E-state index in [4.69, 9.17) is 11.6 Å². The maximum atomic E-state index is 6.09. The Morgan fingerprint density at radius 1 is 1.38 bits per heavy atom. The second kappa shape index (κ2) is 2.70. The summed E-state index contributed by atoms with van der Waals surface area (Å²) in [7, 11) is 1.87. The molecular weight excluding hydrogens is 186 g/mol. The van der Waals surface area contributed by atoms with Crippen LogP contribution >= 0.6 is 11.6 Å². The SMILES string of the molecule is Cc1cc(Cl)c2c(C)nn(C)c2n1. The van der Waals surface area contributed by atoms with Gasteiger partial charge in [0.2, 0.25) is 0 Å². The van der Waals surface area contributed by atoms with Crippen LogP contribution in [0.2, 0.25) is 5.02 Å². The van der Waals surface area contributed by atoms with Gasteiger partial charge in [0.1, 0.15) is 0 Å². The summed E-state index contributed by atoms with van der Waals surface area (Å²) in [4.78, 5) is 4.37. The molecule has 0 radical (unpaired) electrons. The fourth-order valence-electron chi connectivity index (χ4n) is 1.51. The molecule has 2 rings (SSSR count). The van der Waals surface area contributed by atoms with Crippen molar-refractivity contribution in [2.75, 3.05) is 0 Å². The second-order valence-electron chi connectivity index (χ2n) is 3.15. The minimum Gasteiger partial charge on any atom is -0.250 e. The Hall–Kier alpha value is -1.09. The molecule has 0 aliphatic carbocycles. The van der Waals surface area contributed by atoms with E-state index in [0.717, 1.165) is 27.4 Å². The monoisotopic (exact) mass is 195 g/mol. The summed E-state index contributed by atoms with van der Waals surface area (Å²) in [5.74, 6) is 0. The van der Waals surface area contributed by atoms with E-state index in [2.05, 4.69) is 10.1 Å². The molecule has 0 aliphatic heterocycles. The van der Waals surface area contributed by atoms with E-state index >= 15 is 0 Å². The molecule has 0 unspecified atom stereocenters. The number of pyridine rings is 1. The summed E-state index contributed by atoms with van der Waals surface area (Å²) in [5, 5.41) is 5.95. The van der Waals surface area contributed by atoms with Crippen molar-refractivity contribution in [1.82, 2.24) is 14.8 Å². The number of rotatable bonds is 0. The molecule has 0 aliphatic rings. The Kier molecular flexibility index (Phi) is 1.77. The third-order valence-electron chi connectivity index (χ3n) is 2.05. The van der Waals surface area contributed by atoms with Gasteiger partial charge in [-0.3, -0.25) is 4.68 Å². The topological polar surface area (TPSA) is 30.7 Å². The number of hydrogen-bond acceptors (Lipinski definition) is 2. The van der Waals surface area contributed by atoms with Gasteiger partial charge in [-0.05, 0) is 19.9 Å². The molecule has 3 nitrogen and oxygen atoms in total. The van der Waals surface area contributed by atoms with Crippen molar-refractivity contribution in [2.24, 2.45) is 7.05 Å². The first-order valence-corrected chi connectivity index (χ1v) is 4.44. The largest absolute Gasteiger partial charge is 0.250 e. The molecule has 0 N–H and O–H groups in total. The van der Waals surface area contributed by atoms with E-state index in [0.29, 0.717) is 0 Å². The lowest BCUT2D eigenvalue weighted by Gasteiger charge is -1.97. The highest BCUT2D eigenvalue weighted by molar-refractivity contribution is 6.35. The minimum absolute atomic E-state index is 0.730. The molecule has 0 spiro atoms. The summed E-state index contributed by atoms with van der Waals surface area (Å²) in [6, 6.07) is 1.86. The molecule has 4 heteroatoms. The van der Waals surface area contributed by atoms with Gasteiger partial charge in [-0.25, -0.2) is 4.98 Å². The average molecular weight is 196 g/mol. The first kappa shape index (κ1) is 8.51. The van der Waals surface area contributed by atoms with Crippen molar-refractivity contribution in [1.29, 1.82) is 0 Å². The lowest BCUT2D eigenvalue weighted by atomic mass is 10.2. The lowest BCUT2D eigenvalue weighted by Crippen LogP contribution is -1.92. The van der Waals surface area contributed by atoms with Crippen LogP contribution in [0.3, 0.4) is 0 Å². The summed E-state index contributed by atoms with van der Waals surface area (Å²) in [6.07, 6.45) is 0. The number of hydrogen-bond donors (Lipinski definition) is 0. The van der Waals surface area contributed by atoms with Crippen LogP contribution in [0.25, 0.3) is 11.0 Å². The van der Waals surface area contributed by atoms with Crippen molar-refractivity contribution < 1.29 is 0 Å². The lowest BCUT2D eigenvalue weighted by molar-refractivity contribution is 0.772. The average Bonchev–Trinajstić information content (AvgIpc) is 2.27. The number of halogens is 1. The maximum absolute atomic E-state index is 6.09. The first-order valence-electron chi connectivity index (χ1n) is 4.06. The van der Waals surface area contributed by atoms with Crippen LogP contribution in [0.4, 0.5) is 0 Å². The zero-order chi connectivity index (χ0) is 9.59.